The Labute approximate surface area is 112 Å². The summed E-state index contributed by atoms with van der Waals surface area (Å²) in [6, 6.07) is 9.13. The zero-order valence-corrected chi connectivity index (χ0v) is 10.9. The van der Waals surface area contributed by atoms with E-state index in [0.717, 1.165) is 5.56 Å². The molecule has 1 aromatic rings. The van der Waals surface area contributed by atoms with Crippen LogP contribution in [0.5, 0.6) is 0 Å². The number of nitrogens with zero attached hydrogens (tertiary/aromatic N) is 1. The third kappa shape index (κ3) is 2.41. The Morgan fingerprint density at radius 1 is 1.21 bits per heavy atom. The zero-order chi connectivity index (χ0) is 13.9. The van der Waals surface area contributed by atoms with Crippen LogP contribution in [-0.4, -0.2) is 42.1 Å². The van der Waals surface area contributed by atoms with Crippen molar-refractivity contribution >= 4 is 12.0 Å². The van der Waals surface area contributed by atoms with Gasteiger partial charge in [0.25, 0.3) is 0 Å². The molecule has 1 aliphatic heterocycles. The normalized spacial score (nSPS) is 17.8. The van der Waals surface area contributed by atoms with Gasteiger partial charge in [-0.25, -0.2) is 4.79 Å². The lowest BCUT2D eigenvalue weighted by Crippen LogP contribution is -2.51. The van der Waals surface area contributed by atoms with Crippen LogP contribution >= 0.6 is 0 Å². The fraction of sp³-hybridized carbons (Fsp3) is 0.429. The largest absolute Gasteiger partial charge is 0.481 e. The Balaban J connectivity index is 2.22. The van der Waals surface area contributed by atoms with Gasteiger partial charge in [0.2, 0.25) is 0 Å². The van der Waals surface area contributed by atoms with Crippen molar-refractivity contribution in [2.75, 3.05) is 20.1 Å². The van der Waals surface area contributed by atoms with E-state index in [4.69, 9.17) is 0 Å². The van der Waals surface area contributed by atoms with Crippen LogP contribution in [0, 0.1) is 0 Å². The Bertz CT molecular complexity index is 465. The van der Waals surface area contributed by atoms with Crippen LogP contribution in [-0.2, 0) is 10.2 Å². The van der Waals surface area contributed by atoms with E-state index in [1.165, 1.54) is 0 Å². The second-order valence-corrected chi connectivity index (χ2v) is 4.80. The van der Waals surface area contributed by atoms with Crippen LogP contribution in [0.25, 0.3) is 0 Å². The van der Waals surface area contributed by atoms with Gasteiger partial charge in [0.05, 0.1) is 5.41 Å². The lowest BCUT2D eigenvalue weighted by atomic mass is 9.73. The number of urea groups is 1. The molecule has 2 rings (SSSR count). The van der Waals surface area contributed by atoms with E-state index in [2.05, 4.69) is 5.32 Å². The number of hydrogen-bond donors (Lipinski definition) is 2. The van der Waals surface area contributed by atoms with Crippen molar-refractivity contribution in [2.45, 2.75) is 18.3 Å². The summed E-state index contributed by atoms with van der Waals surface area (Å²) in [6.07, 6.45) is 0.888. The van der Waals surface area contributed by atoms with Crippen LogP contribution in [0.1, 0.15) is 18.4 Å². The molecule has 0 aromatic heterocycles. The van der Waals surface area contributed by atoms with Gasteiger partial charge in [0.1, 0.15) is 0 Å². The van der Waals surface area contributed by atoms with Crippen molar-refractivity contribution in [3.8, 4) is 0 Å². The maximum Gasteiger partial charge on any atom is 0.317 e. The van der Waals surface area contributed by atoms with Crippen LogP contribution in [0.3, 0.4) is 0 Å². The number of piperidine rings is 1. The van der Waals surface area contributed by atoms with Gasteiger partial charge in [0.15, 0.2) is 0 Å². The molecule has 1 fully saturated rings. The summed E-state index contributed by atoms with van der Waals surface area (Å²) >= 11 is 0. The minimum Gasteiger partial charge on any atom is -0.481 e. The fourth-order valence-electron chi connectivity index (χ4n) is 2.63. The maximum atomic E-state index is 11.7. The number of rotatable bonds is 2. The monoisotopic (exact) mass is 262 g/mol. The molecular formula is C14H18N2O3. The van der Waals surface area contributed by atoms with Gasteiger partial charge in [-0.2, -0.15) is 0 Å². The van der Waals surface area contributed by atoms with Crippen molar-refractivity contribution < 1.29 is 14.7 Å². The Kier molecular flexibility index (Phi) is 3.74. The van der Waals surface area contributed by atoms with E-state index in [-0.39, 0.29) is 6.03 Å². The fourth-order valence-corrected chi connectivity index (χ4v) is 2.63. The third-order valence-electron chi connectivity index (χ3n) is 3.85. The number of hydrogen-bond acceptors (Lipinski definition) is 2. The number of aliphatic carboxylic acids is 1. The Hall–Kier alpha value is -2.04. The summed E-state index contributed by atoms with van der Waals surface area (Å²) in [5, 5.41) is 12.2. The van der Waals surface area contributed by atoms with Gasteiger partial charge >= 0.3 is 12.0 Å². The summed E-state index contributed by atoms with van der Waals surface area (Å²) in [7, 11) is 1.58. The molecule has 0 unspecified atom stereocenters. The van der Waals surface area contributed by atoms with E-state index < -0.39 is 11.4 Å². The highest BCUT2D eigenvalue weighted by molar-refractivity contribution is 5.82. The predicted molar refractivity (Wildman–Crippen MR) is 71.0 cm³/mol. The summed E-state index contributed by atoms with van der Waals surface area (Å²) in [4.78, 5) is 24.9. The summed E-state index contributed by atoms with van der Waals surface area (Å²) in [5.41, 5.74) is -0.0507. The lowest BCUT2D eigenvalue weighted by molar-refractivity contribution is -0.145. The van der Waals surface area contributed by atoms with Gasteiger partial charge in [0, 0.05) is 20.1 Å². The van der Waals surface area contributed by atoms with Crippen molar-refractivity contribution in [2.24, 2.45) is 0 Å². The summed E-state index contributed by atoms with van der Waals surface area (Å²) in [6.45, 7) is 0.918. The first kappa shape index (κ1) is 13.4. The molecule has 1 aliphatic rings. The second-order valence-electron chi connectivity index (χ2n) is 4.80. The van der Waals surface area contributed by atoms with Crippen molar-refractivity contribution in [3.63, 3.8) is 0 Å². The SMILES string of the molecule is CNC(=O)N1CCC(C(=O)O)(c2ccccc2)CC1. The van der Waals surface area contributed by atoms with Crippen molar-refractivity contribution in [3.05, 3.63) is 35.9 Å². The Morgan fingerprint density at radius 3 is 2.26 bits per heavy atom. The second kappa shape index (κ2) is 5.30. The van der Waals surface area contributed by atoms with E-state index in [1.807, 2.05) is 30.3 Å². The highest BCUT2D eigenvalue weighted by Crippen LogP contribution is 2.35. The number of benzene rings is 1. The van der Waals surface area contributed by atoms with Crippen LogP contribution < -0.4 is 5.32 Å². The molecule has 0 atom stereocenters. The maximum absolute atomic E-state index is 11.7. The summed E-state index contributed by atoms with van der Waals surface area (Å²) in [5.74, 6) is -0.810. The van der Waals surface area contributed by atoms with E-state index in [1.54, 1.807) is 11.9 Å². The molecule has 2 N–H and O–H groups in total. The number of carboxylic acids is 1. The molecular weight excluding hydrogens is 244 g/mol. The first-order valence-corrected chi connectivity index (χ1v) is 6.36. The number of amides is 2. The molecule has 0 saturated carbocycles. The van der Waals surface area contributed by atoms with Gasteiger partial charge < -0.3 is 15.3 Å². The predicted octanol–water partition coefficient (Wildman–Crippen LogP) is 1.44. The van der Waals surface area contributed by atoms with Gasteiger partial charge in [-0.15, -0.1) is 0 Å². The molecule has 1 saturated heterocycles. The molecule has 0 aliphatic carbocycles. The molecule has 1 heterocycles. The average molecular weight is 262 g/mol. The van der Waals surface area contributed by atoms with Crippen molar-refractivity contribution in [1.29, 1.82) is 0 Å². The quantitative estimate of drug-likeness (QED) is 0.847. The number of carbonyl (C=O) groups is 2. The third-order valence-corrected chi connectivity index (χ3v) is 3.85. The molecule has 5 heteroatoms. The number of nitrogens with one attached hydrogen (secondary N) is 1. The smallest absolute Gasteiger partial charge is 0.317 e. The minimum absolute atomic E-state index is 0.146. The number of carboxylic acid groups (broad SMARTS) is 1. The van der Waals surface area contributed by atoms with Gasteiger partial charge in [-0.05, 0) is 18.4 Å². The van der Waals surface area contributed by atoms with Crippen LogP contribution in [0.2, 0.25) is 0 Å². The molecule has 5 nitrogen and oxygen atoms in total. The highest BCUT2D eigenvalue weighted by atomic mass is 16.4. The topological polar surface area (TPSA) is 69.6 Å². The number of carbonyl (C=O) groups excluding carboxylic acids is 1. The lowest BCUT2D eigenvalue weighted by Gasteiger charge is -2.39. The van der Waals surface area contributed by atoms with Crippen LogP contribution in [0.15, 0.2) is 30.3 Å². The Morgan fingerprint density at radius 2 is 1.79 bits per heavy atom. The standard InChI is InChI=1S/C14H18N2O3/c1-15-13(19)16-9-7-14(8-10-16,12(17)18)11-5-3-2-4-6-11/h2-6H,7-10H2,1H3,(H,15,19)(H,17,18). The number of likely N-dealkylation sites (tertiary alicyclic amines) is 1. The first-order chi connectivity index (χ1) is 9.10. The molecule has 2 amide bonds. The molecule has 0 bridgehead atoms. The molecule has 0 radical (unpaired) electrons. The van der Waals surface area contributed by atoms with Crippen LogP contribution in [0.4, 0.5) is 4.79 Å². The van der Waals surface area contributed by atoms with E-state index >= 15 is 0 Å². The minimum atomic E-state index is -0.869. The highest BCUT2D eigenvalue weighted by Gasteiger charge is 2.43. The van der Waals surface area contributed by atoms with E-state index in [9.17, 15) is 14.7 Å². The molecule has 0 spiro atoms. The summed E-state index contributed by atoms with van der Waals surface area (Å²) < 4.78 is 0. The van der Waals surface area contributed by atoms with Gasteiger partial charge in [-0.3, -0.25) is 4.79 Å². The van der Waals surface area contributed by atoms with Gasteiger partial charge in [-0.1, -0.05) is 30.3 Å². The molecule has 102 valence electrons. The molecule has 1 aromatic carbocycles. The van der Waals surface area contributed by atoms with E-state index in [0.29, 0.717) is 25.9 Å². The van der Waals surface area contributed by atoms with Crippen molar-refractivity contribution in [1.82, 2.24) is 10.2 Å². The average Bonchev–Trinajstić information content (AvgIpc) is 2.47. The first-order valence-electron chi connectivity index (χ1n) is 6.36. The molecule has 19 heavy (non-hydrogen) atoms. The zero-order valence-electron chi connectivity index (χ0n) is 10.9.